The minimum absolute atomic E-state index is 0.124. The molecule has 0 heterocycles. The van der Waals surface area contributed by atoms with Crippen molar-refractivity contribution in [1.82, 2.24) is 10.6 Å². The molecular weight excluding hydrogens is 428 g/mol. The molecule has 0 radical (unpaired) electrons. The molecule has 0 saturated carbocycles. The second-order valence-electron chi connectivity index (χ2n) is 7.98. The Bertz CT molecular complexity index is 1020. The van der Waals surface area contributed by atoms with Crippen molar-refractivity contribution < 1.29 is 9.59 Å². The zero-order valence-corrected chi connectivity index (χ0v) is 19.5. The van der Waals surface area contributed by atoms with Gasteiger partial charge >= 0.3 is 0 Å². The van der Waals surface area contributed by atoms with Crippen LogP contribution in [-0.2, 0) is 9.59 Å². The summed E-state index contributed by atoms with van der Waals surface area (Å²) < 4.78 is 0. The molecule has 0 aliphatic heterocycles. The molecule has 0 fully saturated rings. The quantitative estimate of drug-likeness (QED) is 0.310. The summed E-state index contributed by atoms with van der Waals surface area (Å²) in [4.78, 5) is 24.6. The Hall–Kier alpha value is -4.20. The van der Waals surface area contributed by atoms with Crippen LogP contribution in [0.15, 0.2) is 94.4 Å². The summed E-state index contributed by atoms with van der Waals surface area (Å²) in [6.45, 7) is 3.61. The van der Waals surface area contributed by atoms with Crippen LogP contribution in [0.5, 0.6) is 0 Å². The molecule has 2 aromatic rings. The fourth-order valence-corrected chi connectivity index (χ4v) is 3.18. The van der Waals surface area contributed by atoms with Crippen molar-refractivity contribution in [2.75, 3.05) is 10.9 Å². The predicted octanol–water partition coefficient (Wildman–Crippen LogP) is 4.54. The third-order valence-corrected chi connectivity index (χ3v) is 4.88. The van der Waals surface area contributed by atoms with Crippen LogP contribution in [0.2, 0.25) is 0 Å². The Labute approximate surface area is 199 Å². The monoisotopic (exact) mass is 458 g/mol. The molecule has 34 heavy (non-hydrogen) atoms. The van der Waals surface area contributed by atoms with Gasteiger partial charge in [-0.1, -0.05) is 36.4 Å². The van der Waals surface area contributed by atoms with Crippen LogP contribution in [-0.4, -0.2) is 23.2 Å². The lowest BCUT2D eigenvalue weighted by atomic mass is 10.1. The number of allylic oxidation sites excluding steroid dienone is 4. The van der Waals surface area contributed by atoms with Gasteiger partial charge in [0, 0.05) is 22.8 Å². The van der Waals surface area contributed by atoms with Gasteiger partial charge in [0.25, 0.3) is 0 Å². The number of carbonyl (C=O) groups excluding carboxylic acids is 2. The first-order valence-corrected chi connectivity index (χ1v) is 11.2. The van der Waals surface area contributed by atoms with Crippen molar-refractivity contribution >= 4 is 34.6 Å². The Morgan fingerprint density at radius 1 is 0.676 bits per heavy atom. The van der Waals surface area contributed by atoms with Gasteiger partial charge in [0.2, 0.25) is 11.8 Å². The van der Waals surface area contributed by atoms with E-state index in [2.05, 4.69) is 31.7 Å². The lowest BCUT2D eigenvalue weighted by molar-refractivity contribution is -0.120. The highest BCUT2D eigenvalue weighted by Gasteiger charge is 2.13. The summed E-state index contributed by atoms with van der Waals surface area (Å²) >= 11 is 0. The summed E-state index contributed by atoms with van der Waals surface area (Å²) in [6.07, 6.45) is 5.31. The van der Waals surface area contributed by atoms with Gasteiger partial charge in [-0.2, -0.15) is 10.2 Å². The van der Waals surface area contributed by atoms with Crippen LogP contribution in [0.4, 0.5) is 11.4 Å². The first-order chi connectivity index (χ1) is 16.5. The van der Waals surface area contributed by atoms with Crippen LogP contribution in [0.25, 0.3) is 0 Å². The van der Waals surface area contributed by atoms with Gasteiger partial charge in [0.05, 0.1) is 24.2 Å². The highest BCUT2D eigenvalue weighted by Crippen LogP contribution is 2.15. The maximum atomic E-state index is 12.3. The summed E-state index contributed by atoms with van der Waals surface area (Å²) in [5.74, 6) is -0.248. The van der Waals surface area contributed by atoms with Gasteiger partial charge in [-0.3, -0.25) is 20.4 Å². The van der Waals surface area contributed by atoms with E-state index in [0.717, 1.165) is 22.8 Å². The highest BCUT2D eigenvalue weighted by molar-refractivity contribution is 6.01. The van der Waals surface area contributed by atoms with E-state index in [1.807, 2.05) is 72.8 Å². The minimum atomic E-state index is -0.124. The van der Waals surface area contributed by atoms with E-state index in [-0.39, 0.29) is 24.7 Å². The Morgan fingerprint density at radius 2 is 1.06 bits per heavy atom. The van der Waals surface area contributed by atoms with Crippen LogP contribution < -0.4 is 21.5 Å². The van der Waals surface area contributed by atoms with Crippen LogP contribution in [0, 0.1) is 0 Å². The maximum Gasteiger partial charge on any atom is 0.229 e. The summed E-state index contributed by atoms with van der Waals surface area (Å²) in [6, 6.07) is 19.1. The number of hydrogen-bond acceptors (Lipinski definition) is 6. The zero-order chi connectivity index (χ0) is 24.2. The third kappa shape index (κ3) is 8.74. The van der Waals surface area contributed by atoms with E-state index in [0.29, 0.717) is 24.3 Å². The molecule has 8 heteroatoms. The number of nitrogens with zero attached hydrogens (tertiary/aromatic N) is 2. The van der Waals surface area contributed by atoms with Gasteiger partial charge in [-0.25, -0.2) is 0 Å². The molecule has 2 aromatic carbocycles. The number of hydrazone groups is 2. The number of benzene rings is 2. The molecule has 3 rings (SSSR count). The predicted molar refractivity (Wildman–Crippen MR) is 137 cm³/mol. The average molecular weight is 459 g/mol. The van der Waals surface area contributed by atoms with E-state index in [1.54, 1.807) is 13.8 Å². The summed E-state index contributed by atoms with van der Waals surface area (Å²) in [7, 11) is 0. The fourth-order valence-electron chi connectivity index (χ4n) is 3.18. The first kappa shape index (κ1) is 24.4. The molecule has 1 aliphatic rings. The fraction of sp³-hybridized carbons (Fsp3) is 0.231. The normalized spacial score (nSPS) is 13.9. The van der Waals surface area contributed by atoms with Crippen molar-refractivity contribution in [1.29, 1.82) is 0 Å². The number of anilines is 2. The zero-order valence-electron chi connectivity index (χ0n) is 19.5. The van der Waals surface area contributed by atoms with Gasteiger partial charge in [-0.15, -0.1) is 0 Å². The molecule has 1 aliphatic carbocycles. The number of hydrogen-bond donors (Lipinski definition) is 4. The molecule has 0 spiro atoms. The Kier molecular flexibility index (Phi) is 9.16. The van der Waals surface area contributed by atoms with Gasteiger partial charge in [0.15, 0.2) is 0 Å². The second kappa shape index (κ2) is 12.7. The topological polar surface area (TPSA) is 107 Å². The standard InChI is InChI=1S/C26H30N6O2/c1-19(29-31-23-9-5-3-6-10-23)17-25(33)27-21-13-15-22(16-14-21)28-26(34)18-20(2)30-32-24-11-7-4-8-12-24/h3-13,15,31-32H,14,16-18H2,1-2H3,(H,27,33)(H,28,34)/b29-19-,30-20+. The lowest BCUT2D eigenvalue weighted by Crippen LogP contribution is -2.28. The van der Waals surface area contributed by atoms with E-state index < -0.39 is 0 Å². The van der Waals surface area contributed by atoms with Gasteiger partial charge < -0.3 is 10.6 Å². The van der Waals surface area contributed by atoms with Crippen molar-refractivity contribution in [2.45, 2.75) is 39.5 Å². The number of nitrogens with one attached hydrogen (secondary N) is 4. The highest BCUT2D eigenvalue weighted by atomic mass is 16.2. The molecule has 8 nitrogen and oxygen atoms in total. The average Bonchev–Trinajstić information content (AvgIpc) is 2.84. The van der Waals surface area contributed by atoms with E-state index in [1.165, 1.54) is 0 Å². The number of carbonyl (C=O) groups is 2. The van der Waals surface area contributed by atoms with Gasteiger partial charge in [-0.05, 0) is 63.1 Å². The van der Waals surface area contributed by atoms with E-state index >= 15 is 0 Å². The molecule has 0 aromatic heterocycles. The van der Waals surface area contributed by atoms with Crippen molar-refractivity contribution in [3.63, 3.8) is 0 Å². The second-order valence-corrected chi connectivity index (χ2v) is 7.98. The summed E-state index contributed by atoms with van der Waals surface area (Å²) in [5.41, 5.74) is 10.6. The molecule has 0 atom stereocenters. The molecule has 176 valence electrons. The van der Waals surface area contributed by atoms with E-state index in [9.17, 15) is 9.59 Å². The van der Waals surface area contributed by atoms with Crippen molar-refractivity contribution in [2.24, 2.45) is 10.2 Å². The molecule has 2 amide bonds. The van der Waals surface area contributed by atoms with Gasteiger partial charge in [0.1, 0.15) is 0 Å². The molecule has 0 unspecified atom stereocenters. The van der Waals surface area contributed by atoms with Crippen LogP contribution in [0.3, 0.4) is 0 Å². The van der Waals surface area contributed by atoms with Crippen LogP contribution >= 0.6 is 0 Å². The minimum Gasteiger partial charge on any atom is -0.329 e. The lowest BCUT2D eigenvalue weighted by Gasteiger charge is -2.16. The van der Waals surface area contributed by atoms with Crippen molar-refractivity contribution in [3.05, 3.63) is 84.2 Å². The Morgan fingerprint density at radius 3 is 1.41 bits per heavy atom. The van der Waals surface area contributed by atoms with E-state index in [4.69, 9.17) is 0 Å². The molecule has 4 N–H and O–H groups in total. The third-order valence-electron chi connectivity index (χ3n) is 4.88. The number of para-hydroxylation sites is 2. The first-order valence-electron chi connectivity index (χ1n) is 11.2. The largest absolute Gasteiger partial charge is 0.329 e. The Balaban J connectivity index is 1.41. The maximum absolute atomic E-state index is 12.3. The number of rotatable bonds is 10. The molecule has 0 saturated heterocycles. The molecule has 0 bridgehead atoms. The molecular formula is C26H30N6O2. The smallest absolute Gasteiger partial charge is 0.229 e. The van der Waals surface area contributed by atoms with Crippen LogP contribution in [0.1, 0.15) is 39.5 Å². The SMILES string of the molecule is C/C(CC(=O)NC1=CC=C(NC(=O)C/C(C)=N/Nc2ccccc2)CC1)=N/Nc1ccccc1. The number of amides is 2. The van der Waals surface area contributed by atoms with Crippen molar-refractivity contribution in [3.8, 4) is 0 Å². The summed E-state index contributed by atoms with van der Waals surface area (Å²) in [5, 5.41) is 14.3.